The summed E-state index contributed by atoms with van der Waals surface area (Å²) in [4.78, 5) is 21.9. The molecule has 0 bridgehead atoms. The van der Waals surface area contributed by atoms with Gasteiger partial charge in [-0.3, -0.25) is 9.78 Å². The Bertz CT molecular complexity index is 972. The summed E-state index contributed by atoms with van der Waals surface area (Å²) < 4.78 is 6.62. The van der Waals surface area contributed by atoms with Crippen LogP contribution in [0.25, 0.3) is 22.2 Å². The molecule has 3 aromatic rings. The minimum Gasteiger partial charge on any atom is -0.376 e. The Morgan fingerprint density at radius 1 is 1.26 bits per heavy atom. The number of aromatic nitrogens is 2. The lowest BCUT2D eigenvalue weighted by Crippen LogP contribution is -2.40. The summed E-state index contributed by atoms with van der Waals surface area (Å²) in [7, 11) is 0. The number of hydrogen-bond acceptors (Lipinski definition) is 4. The number of benzene rings is 1. The van der Waals surface area contributed by atoms with Gasteiger partial charge in [-0.15, -0.1) is 0 Å². The third kappa shape index (κ3) is 3.87. The molecule has 138 valence electrons. The van der Waals surface area contributed by atoms with Crippen molar-refractivity contribution in [3.63, 3.8) is 0 Å². The molecule has 3 heterocycles. The third-order valence-electron chi connectivity index (χ3n) is 4.87. The van der Waals surface area contributed by atoms with E-state index in [1.807, 2.05) is 43.3 Å². The van der Waals surface area contributed by atoms with Gasteiger partial charge in [0, 0.05) is 34.4 Å². The van der Waals surface area contributed by atoms with E-state index in [1.54, 1.807) is 12.4 Å². The Morgan fingerprint density at radius 3 is 2.81 bits per heavy atom. The summed E-state index contributed by atoms with van der Waals surface area (Å²) in [5.74, 6) is -0.112. The van der Waals surface area contributed by atoms with Crippen LogP contribution in [0, 0.1) is 0 Å². The van der Waals surface area contributed by atoms with Crippen LogP contribution in [-0.4, -0.2) is 34.6 Å². The SMILES string of the molecule is C[C@H](NC(=O)c1cc(-c2ccncc2)nc2ccc(Br)cc12)[C@@H]1CCCO1. The number of ether oxygens (including phenoxy) is 1. The van der Waals surface area contributed by atoms with Gasteiger partial charge in [0.15, 0.2) is 0 Å². The molecule has 6 heteroatoms. The maximum atomic E-state index is 13.1. The molecular formula is C21H20BrN3O2. The monoisotopic (exact) mass is 425 g/mol. The predicted octanol–water partition coefficient (Wildman–Crippen LogP) is 4.36. The van der Waals surface area contributed by atoms with Crippen LogP contribution in [-0.2, 0) is 4.74 Å². The quantitative estimate of drug-likeness (QED) is 0.674. The molecule has 1 amide bonds. The Labute approximate surface area is 166 Å². The number of amides is 1. The van der Waals surface area contributed by atoms with Gasteiger partial charge in [0.2, 0.25) is 0 Å². The van der Waals surface area contributed by atoms with Crippen molar-refractivity contribution >= 4 is 32.7 Å². The first-order valence-corrected chi connectivity index (χ1v) is 9.84. The molecule has 27 heavy (non-hydrogen) atoms. The van der Waals surface area contributed by atoms with Crippen LogP contribution in [0.4, 0.5) is 0 Å². The summed E-state index contributed by atoms with van der Waals surface area (Å²) >= 11 is 3.50. The molecule has 0 aliphatic carbocycles. The average Bonchev–Trinajstić information content (AvgIpc) is 3.23. The molecule has 0 spiro atoms. The molecule has 4 rings (SSSR count). The maximum Gasteiger partial charge on any atom is 0.252 e. The largest absolute Gasteiger partial charge is 0.376 e. The fraction of sp³-hybridized carbons (Fsp3) is 0.286. The summed E-state index contributed by atoms with van der Waals surface area (Å²) in [5.41, 5.74) is 3.07. The maximum absolute atomic E-state index is 13.1. The number of pyridine rings is 2. The van der Waals surface area contributed by atoms with Crippen LogP contribution >= 0.6 is 15.9 Å². The van der Waals surface area contributed by atoms with Gasteiger partial charge in [-0.25, -0.2) is 4.98 Å². The van der Waals surface area contributed by atoms with Crippen LogP contribution in [0.1, 0.15) is 30.1 Å². The number of halogens is 1. The first kappa shape index (κ1) is 18.1. The molecule has 0 saturated carbocycles. The number of fused-ring (bicyclic) bond motifs is 1. The Balaban J connectivity index is 1.75. The van der Waals surface area contributed by atoms with E-state index < -0.39 is 0 Å². The second kappa shape index (κ2) is 7.74. The Morgan fingerprint density at radius 2 is 2.07 bits per heavy atom. The van der Waals surface area contributed by atoms with Gasteiger partial charge in [-0.2, -0.15) is 0 Å². The van der Waals surface area contributed by atoms with Gasteiger partial charge >= 0.3 is 0 Å². The number of nitrogens with one attached hydrogen (secondary N) is 1. The van der Waals surface area contributed by atoms with Gasteiger partial charge in [0.05, 0.1) is 28.9 Å². The van der Waals surface area contributed by atoms with E-state index >= 15 is 0 Å². The normalized spacial score (nSPS) is 17.8. The first-order valence-electron chi connectivity index (χ1n) is 9.05. The zero-order valence-corrected chi connectivity index (χ0v) is 16.6. The fourth-order valence-electron chi connectivity index (χ4n) is 3.43. The molecule has 1 N–H and O–H groups in total. The Kier molecular flexibility index (Phi) is 5.18. The van der Waals surface area contributed by atoms with Gasteiger partial charge < -0.3 is 10.1 Å². The standard InChI is InChI=1S/C21H20BrN3O2/c1-13(20-3-2-10-27-20)24-21(26)17-12-19(14-6-8-23-9-7-14)25-18-5-4-15(22)11-16(17)18/h4-9,11-13,20H,2-3,10H2,1H3,(H,24,26)/t13-,20-/m0/s1. The van der Waals surface area contributed by atoms with Gasteiger partial charge in [-0.1, -0.05) is 15.9 Å². The number of carbonyl (C=O) groups excluding carboxylic acids is 1. The van der Waals surface area contributed by atoms with Crippen molar-refractivity contribution in [1.29, 1.82) is 0 Å². The van der Waals surface area contributed by atoms with Crippen LogP contribution < -0.4 is 5.32 Å². The molecule has 0 unspecified atom stereocenters. The summed E-state index contributed by atoms with van der Waals surface area (Å²) in [6, 6.07) is 11.4. The summed E-state index contributed by atoms with van der Waals surface area (Å²) in [5, 5.41) is 3.93. The van der Waals surface area contributed by atoms with Crippen LogP contribution in [0.15, 0.2) is 53.3 Å². The van der Waals surface area contributed by atoms with E-state index in [0.717, 1.165) is 46.1 Å². The predicted molar refractivity (Wildman–Crippen MR) is 109 cm³/mol. The van der Waals surface area contributed by atoms with Crippen molar-refractivity contribution in [1.82, 2.24) is 15.3 Å². The van der Waals surface area contributed by atoms with E-state index in [-0.39, 0.29) is 18.1 Å². The van der Waals surface area contributed by atoms with E-state index in [4.69, 9.17) is 9.72 Å². The molecule has 1 aliphatic rings. The van der Waals surface area contributed by atoms with Gasteiger partial charge in [0.25, 0.3) is 5.91 Å². The van der Waals surface area contributed by atoms with Crippen molar-refractivity contribution in [3.8, 4) is 11.3 Å². The zero-order chi connectivity index (χ0) is 18.8. The van der Waals surface area contributed by atoms with Crippen LogP contribution in [0.3, 0.4) is 0 Å². The highest BCUT2D eigenvalue weighted by Crippen LogP contribution is 2.27. The van der Waals surface area contributed by atoms with Gasteiger partial charge in [0.1, 0.15) is 0 Å². The molecule has 1 fully saturated rings. The molecule has 5 nitrogen and oxygen atoms in total. The van der Waals surface area contributed by atoms with Crippen molar-refractivity contribution in [2.75, 3.05) is 6.61 Å². The zero-order valence-electron chi connectivity index (χ0n) is 15.0. The minimum absolute atomic E-state index is 0.0419. The molecular weight excluding hydrogens is 406 g/mol. The lowest BCUT2D eigenvalue weighted by Gasteiger charge is -2.20. The number of carbonyl (C=O) groups is 1. The minimum atomic E-state index is -0.112. The number of rotatable bonds is 4. The van der Waals surface area contributed by atoms with Crippen LogP contribution in [0.2, 0.25) is 0 Å². The average molecular weight is 426 g/mol. The van der Waals surface area contributed by atoms with Crippen molar-refractivity contribution in [3.05, 3.63) is 58.8 Å². The summed E-state index contributed by atoms with van der Waals surface area (Å²) in [6.07, 6.45) is 5.55. The van der Waals surface area contributed by atoms with Crippen molar-refractivity contribution in [2.24, 2.45) is 0 Å². The smallest absolute Gasteiger partial charge is 0.252 e. The molecule has 1 aromatic carbocycles. The van der Waals surface area contributed by atoms with E-state index in [9.17, 15) is 4.79 Å². The highest BCUT2D eigenvalue weighted by molar-refractivity contribution is 9.10. The highest BCUT2D eigenvalue weighted by Gasteiger charge is 2.25. The van der Waals surface area contributed by atoms with Crippen molar-refractivity contribution in [2.45, 2.75) is 31.9 Å². The third-order valence-corrected chi connectivity index (χ3v) is 5.37. The van der Waals surface area contributed by atoms with E-state index in [2.05, 4.69) is 26.2 Å². The fourth-order valence-corrected chi connectivity index (χ4v) is 3.79. The second-order valence-corrected chi connectivity index (χ2v) is 7.68. The van der Waals surface area contributed by atoms with E-state index in [0.29, 0.717) is 5.56 Å². The lowest BCUT2D eigenvalue weighted by atomic mass is 10.0. The molecule has 2 atom stereocenters. The molecule has 1 aliphatic heterocycles. The highest BCUT2D eigenvalue weighted by atomic mass is 79.9. The van der Waals surface area contributed by atoms with Crippen LogP contribution in [0.5, 0.6) is 0 Å². The Hall–Kier alpha value is -2.31. The molecule has 0 radical (unpaired) electrons. The first-order chi connectivity index (χ1) is 13.1. The van der Waals surface area contributed by atoms with Gasteiger partial charge in [-0.05, 0) is 56.2 Å². The molecule has 2 aromatic heterocycles. The van der Waals surface area contributed by atoms with Crippen molar-refractivity contribution < 1.29 is 9.53 Å². The molecule has 1 saturated heterocycles. The topological polar surface area (TPSA) is 64.1 Å². The van der Waals surface area contributed by atoms with E-state index in [1.165, 1.54) is 0 Å². The summed E-state index contributed by atoms with van der Waals surface area (Å²) in [6.45, 7) is 2.76. The lowest BCUT2D eigenvalue weighted by molar-refractivity contribution is 0.0713. The number of nitrogens with zero attached hydrogens (tertiary/aromatic N) is 2. The second-order valence-electron chi connectivity index (χ2n) is 6.77. The number of hydrogen-bond donors (Lipinski definition) is 1.